The molecule has 4 aromatic rings. The van der Waals surface area contributed by atoms with E-state index in [2.05, 4.69) is 15.4 Å². The van der Waals surface area contributed by atoms with Crippen molar-refractivity contribution in [1.82, 2.24) is 14.8 Å². The minimum absolute atomic E-state index is 0.0534. The van der Waals surface area contributed by atoms with E-state index in [4.69, 9.17) is 4.74 Å². The summed E-state index contributed by atoms with van der Waals surface area (Å²) >= 11 is 0. The third kappa shape index (κ3) is 3.83. The van der Waals surface area contributed by atoms with Crippen LogP contribution in [0.15, 0.2) is 66.9 Å². The Morgan fingerprint density at radius 1 is 1.07 bits per heavy atom. The number of hydrogen-bond acceptors (Lipinski definition) is 5. The first-order valence-corrected chi connectivity index (χ1v) is 9.16. The summed E-state index contributed by atoms with van der Waals surface area (Å²) in [6, 6.07) is 18.2. The molecule has 0 aliphatic rings. The standard InChI is InChI=1S/C22H18N4O4/c1-26-20-18(19(25-26)21(27)28)17(11-12-23-20)15-7-9-16(10-8-15)24-22(29)30-13-14-5-3-2-4-6-14/h2-12H,13H2,1H3,(H,24,29)(H,27,28). The predicted octanol–water partition coefficient (Wildman–Crippen LogP) is 4.08. The van der Waals surface area contributed by atoms with E-state index in [-0.39, 0.29) is 12.3 Å². The fourth-order valence-corrected chi connectivity index (χ4v) is 3.18. The van der Waals surface area contributed by atoms with Gasteiger partial charge in [-0.1, -0.05) is 42.5 Å². The molecule has 1 amide bonds. The third-order valence-corrected chi connectivity index (χ3v) is 4.58. The van der Waals surface area contributed by atoms with Crippen LogP contribution in [0.2, 0.25) is 0 Å². The van der Waals surface area contributed by atoms with Gasteiger partial charge in [-0.05, 0) is 34.9 Å². The first kappa shape index (κ1) is 19.1. The Labute approximate surface area is 171 Å². The molecule has 0 spiro atoms. The van der Waals surface area contributed by atoms with Crippen molar-refractivity contribution in [2.24, 2.45) is 7.05 Å². The molecule has 30 heavy (non-hydrogen) atoms. The maximum Gasteiger partial charge on any atom is 0.411 e. The number of amides is 1. The van der Waals surface area contributed by atoms with Crippen molar-refractivity contribution in [3.05, 3.63) is 78.1 Å². The number of carboxylic acid groups (broad SMARTS) is 1. The first-order valence-electron chi connectivity index (χ1n) is 9.16. The summed E-state index contributed by atoms with van der Waals surface area (Å²) < 4.78 is 6.66. The number of carbonyl (C=O) groups excluding carboxylic acids is 1. The topological polar surface area (TPSA) is 106 Å². The fourth-order valence-electron chi connectivity index (χ4n) is 3.18. The number of fused-ring (bicyclic) bond motifs is 1. The highest BCUT2D eigenvalue weighted by Gasteiger charge is 2.19. The van der Waals surface area contributed by atoms with Crippen LogP contribution in [-0.2, 0) is 18.4 Å². The minimum atomic E-state index is -1.12. The van der Waals surface area contributed by atoms with Gasteiger partial charge in [-0.3, -0.25) is 5.32 Å². The summed E-state index contributed by atoms with van der Waals surface area (Å²) in [7, 11) is 1.65. The van der Waals surface area contributed by atoms with E-state index in [9.17, 15) is 14.7 Å². The number of aryl methyl sites for hydroxylation is 1. The Balaban J connectivity index is 1.53. The number of aromatic carboxylic acids is 1. The summed E-state index contributed by atoms with van der Waals surface area (Å²) in [5, 5.41) is 16.7. The highest BCUT2D eigenvalue weighted by Crippen LogP contribution is 2.30. The van der Waals surface area contributed by atoms with E-state index in [1.807, 2.05) is 30.3 Å². The average molecular weight is 402 g/mol. The molecule has 0 bridgehead atoms. The number of ether oxygens (including phenoxy) is 1. The molecule has 2 aromatic heterocycles. The number of benzene rings is 2. The number of rotatable bonds is 5. The molecule has 0 radical (unpaired) electrons. The van der Waals surface area contributed by atoms with E-state index in [0.29, 0.717) is 22.3 Å². The molecule has 0 saturated heterocycles. The molecule has 2 aromatic carbocycles. The van der Waals surface area contributed by atoms with Gasteiger partial charge in [0, 0.05) is 18.9 Å². The summed E-state index contributed by atoms with van der Waals surface area (Å²) in [4.78, 5) is 27.8. The van der Waals surface area contributed by atoms with E-state index in [1.165, 1.54) is 4.68 Å². The van der Waals surface area contributed by atoms with Gasteiger partial charge in [0.1, 0.15) is 6.61 Å². The lowest BCUT2D eigenvalue weighted by Gasteiger charge is -2.09. The van der Waals surface area contributed by atoms with Gasteiger partial charge in [0.25, 0.3) is 0 Å². The quantitative estimate of drug-likeness (QED) is 0.521. The maximum absolute atomic E-state index is 12.0. The molecule has 2 heterocycles. The smallest absolute Gasteiger partial charge is 0.411 e. The summed E-state index contributed by atoms with van der Waals surface area (Å²) in [5.41, 5.74) is 3.37. The number of pyridine rings is 1. The number of anilines is 1. The molecule has 8 heteroatoms. The zero-order chi connectivity index (χ0) is 21.1. The van der Waals surface area contributed by atoms with Crippen LogP contribution < -0.4 is 5.32 Å². The van der Waals surface area contributed by atoms with E-state index >= 15 is 0 Å². The molecular formula is C22H18N4O4. The van der Waals surface area contributed by atoms with Crippen LogP contribution in [0.25, 0.3) is 22.2 Å². The van der Waals surface area contributed by atoms with E-state index in [0.717, 1.165) is 11.1 Å². The van der Waals surface area contributed by atoms with Crippen LogP contribution in [0, 0.1) is 0 Å². The second-order valence-electron chi connectivity index (χ2n) is 6.60. The lowest BCUT2D eigenvalue weighted by atomic mass is 10.0. The van der Waals surface area contributed by atoms with Crippen LogP contribution >= 0.6 is 0 Å². The van der Waals surface area contributed by atoms with Crippen molar-refractivity contribution < 1.29 is 19.4 Å². The van der Waals surface area contributed by atoms with Gasteiger partial charge in [-0.25, -0.2) is 19.3 Å². The SMILES string of the molecule is Cn1nc(C(=O)O)c2c(-c3ccc(NC(=O)OCc4ccccc4)cc3)ccnc21. The van der Waals surface area contributed by atoms with E-state index < -0.39 is 12.1 Å². The Morgan fingerprint density at radius 3 is 2.50 bits per heavy atom. The molecule has 8 nitrogen and oxygen atoms in total. The number of aromatic nitrogens is 3. The Hall–Kier alpha value is -4.20. The molecule has 150 valence electrons. The fraction of sp³-hybridized carbons (Fsp3) is 0.0909. The normalized spacial score (nSPS) is 10.7. The highest BCUT2D eigenvalue weighted by atomic mass is 16.5. The summed E-state index contributed by atoms with van der Waals surface area (Å²) in [6.45, 7) is 0.179. The zero-order valence-corrected chi connectivity index (χ0v) is 16.1. The van der Waals surface area contributed by atoms with Gasteiger partial charge in [0.15, 0.2) is 11.3 Å². The lowest BCUT2D eigenvalue weighted by molar-refractivity contribution is 0.0691. The van der Waals surface area contributed by atoms with Crippen LogP contribution in [0.3, 0.4) is 0 Å². The number of hydrogen-bond donors (Lipinski definition) is 2. The Bertz CT molecular complexity index is 1220. The molecule has 2 N–H and O–H groups in total. The Kier molecular flexibility index (Phi) is 5.13. The zero-order valence-electron chi connectivity index (χ0n) is 16.1. The van der Waals surface area contributed by atoms with Crippen molar-refractivity contribution in [3.8, 4) is 11.1 Å². The second-order valence-corrected chi connectivity index (χ2v) is 6.60. The third-order valence-electron chi connectivity index (χ3n) is 4.58. The summed E-state index contributed by atoms with van der Waals surface area (Å²) in [6.07, 6.45) is 1.05. The van der Waals surface area contributed by atoms with Gasteiger partial charge in [0.05, 0.1) is 5.39 Å². The van der Waals surface area contributed by atoms with Crippen LogP contribution in [0.1, 0.15) is 16.1 Å². The molecule has 0 aliphatic carbocycles. The average Bonchev–Trinajstić information content (AvgIpc) is 3.11. The predicted molar refractivity (Wildman–Crippen MR) is 111 cm³/mol. The highest BCUT2D eigenvalue weighted by molar-refractivity contribution is 6.07. The van der Waals surface area contributed by atoms with E-state index in [1.54, 1.807) is 43.6 Å². The molecule has 0 atom stereocenters. The van der Waals surface area contributed by atoms with Crippen molar-refractivity contribution in [3.63, 3.8) is 0 Å². The van der Waals surface area contributed by atoms with Gasteiger partial charge >= 0.3 is 12.1 Å². The lowest BCUT2D eigenvalue weighted by Crippen LogP contribution is -2.13. The van der Waals surface area contributed by atoms with Gasteiger partial charge in [-0.2, -0.15) is 5.10 Å². The number of carboxylic acids is 1. The van der Waals surface area contributed by atoms with Crippen LogP contribution in [0.5, 0.6) is 0 Å². The Morgan fingerprint density at radius 2 is 1.80 bits per heavy atom. The molecule has 0 aliphatic heterocycles. The number of carbonyl (C=O) groups is 2. The molecule has 0 fully saturated rings. The maximum atomic E-state index is 12.0. The molecule has 0 unspecified atom stereocenters. The second kappa shape index (κ2) is 8.04. The van der Waals surface area contributed by atoms with Crippen molar-refractivity contribution in [2.45, 2.75) is 6.61 Å². The van der Waals surface area contributed by atoms with Crippen molar-refractivity contribution in [1.29, 1.82) is 0 Å². The van der Waals surface area contributed by atoms with Gasteiger partial charge in [-0.15, -0.1) is 0 Å². The summed E-state index contributed by atoms with van der Waals surface area (Å²) in [5.74, 6) is -1.12. The van der Waals surface area contributed by atoms with Crippen molar-refractivity contribution >= 4 is 28.8 Å². The van der Waals surface area contributed by atoms with Crippen LogP contribution in [0.4, 0.5) is 10.5 Å². The largest absolute Gasteiger partial charge is 0.476 e. The van der Waals surface area contributed by atoms with Gasteiger partial charge in [0.2, 0.25) is 0 Å². The first-order chi connectivity index (χ1) is 14.5. The molecular weight excluding hydrogens is 384 g/mol. The number of nitrogens with zero attached hydrogens (tertiary/aromatic N) is 3. The number of nitrogens with one attached hydrogen (secondary N) is 1. The molecule has 4 rings (SSSR count). The van der Waals surface area contributed by atoms with Crippen molar-refractivity contribution in [2.75, 3.05) is 5.32 Å². The van der Waals surface area contributed by atoms with Crippen LogP contribution in [-0.4, -0.2) is 31.9 Å². The monoisotopic (exact) mass is 402 g/mol. The minimum Gasteiger partial charge on any atom is -0.476 e. The van der Waals surface area contributed by atoms with Gasteiger partial charge < -0.3 is 9.84 Å². The molecule has 0 saturated carbocycles.